The molecule has 7 nitrogen and oxygen atoms in total. The summed E-state index contributed by atoms with van der Waals surface area (Å²) >= 11 is 6.20. The topological polar surface area (TPSA) is 75.0 Å². The Hall–Kier alpha value is -2.75. The van der Waals surface area contributed by atoms with Crippen molar-refractivity contribution in [3.05, 3.63) is 71.4 Å². The number of benzene rings is 1. The number of sulfonamides is 1. The fourth-order valence-electron chi connectivity index (χ4n) is 3.50. The SMILES string of the molecule is O=C(C=Cc1c(Cl)nc2ccccn12)N1CCCN(S(=O)(=O)c2ccc(F)cc2)CC1. The standard InChI is InChI=1S/C21H20ClFN4O3S/c22-21-18(27-13-2-1-4-19(27)24-21)9-10-20(28)25-11-3-12-26(15-14-25)31(29,30)17-7-5-16(23)6-8-17/h1-2,4-10,13H,3,11-12,14-15H2. The van der Waals surface area contributed by atoms with Crippen LogP contribution in [-0.4, -0.2) is 59.1 Å². The van der Waals surface area contributed by atoms with Crippen LogP contribution in [0, 0.1) is 5.82 Å². The fraction of sp³-hybridized carbons (Fsp3) is 0.238. The molecule has 31 heavy (non-hydrogen) atoms. The maximum Gasteiger partial charge on any atom is 0.246 e. The quantitative estimate of drug-likeness (QED) is 0.558. The number of pyridine rings is 1. The molecule has 0 bridgehead atoms. The number of aromatic nitrogens is 2. The molecule has 1 aromatic carbocycles. The Bertz CT molecular complexity index is 1240. The van der Waals surface area contributed by atoms with Crippen molar-refractivity contribution in [3.63, 3.8) is 0 Å². The van der Waals surface area contributed by atoms with E-state index < -0.39 is 15.8 Å². The van der Waals surface area contributed by atoms with Crippen LogP contribution in [0.1, 0.15) is 12.1 Å². The number of carbonyl (C=O) groups is 1. The first-order chi connectivity index (χ1) is 14.9. The highest BCUT2D eigenvalue weighted by molar-refractivity contribution is 7.89. The minimum Gasteiger partial charge on any atom is -0.338 e. The largest absolute Gasteiger partial charge is 0.338 e. The zero-order chi connectivity index (χ0) is 22.0. The average Bonchev–Trinajstić information content (AvgIpc) is 2.91. The molecule has 1 amide bonds. The van der Waals surface area contributed by atoms with Crippen molar-refractivity contribution in [2.45, 2.75) is 11.3 Å². The molecule has 0 spiro atoms. The minimum atomic E-state index is -3.75. The summed E-state index contributed by atoms with van der Waals surface area (Å²) in [7, 11) is -3.75. The molecule has 4 rings (SSSR count). The van der Waals surface area contributed by atoms with Gasteiger partial charge in [-0.2, -0.15) is 4.31 Å². The molecule has 1 aliphatic rings. The number of carbonyl (C=O) groups excluding carboxylic acids is 1. The number of imidazole rings is 1. The van der Waals surface area contributed by atoms with Crippen LogP contribution >= 0.6 is 11.6 Å². The highest BCUT2D eigenvalue weighted by Crippen LogP contribution is 2.20. The number of hydrogen-bond acceptors (Lipinski definition) is 4. The second kappa shape index (κ2) is 8.78. The molecule has 10 heteroatoms. The minimum absolute atomic E-state index is 0.0378. The van der Waals surface area contributed by atoms with E-state index in [-0.39, 0.29) is 30.4 Å². The Kier molecular flexibility index (Phi) is 6.08. The van der Waals surface area contributed by atoms with Gasteiger partial charge in [-0.1, -0.05) is 17.7 Å². The van der Waals surface area contributed by atoms with Crippen LogP contribution in [0.2, 0.25) is 5.15 Å². The summed E-state index contributed by atoms with van der Waals surface area (Å²) < 4.78 is 41.9. The van der Waals surface area contributed by atoms with Crippen molar-refractivity contribution >= 4 is 39.3 Å². The summed E-state index contributed by atoms with van der Waals surface area (Å²) in [4.78, 5) is 18.6. The zero-order valence-electron chi connectivity index (χ0n) is 16.5. The third kappa shape index (κ3) is 4.48. The van der Waals surface area contributed by atoms with Gasteiger partial charge in [-0.15, -0.1) is 0 Å². The maximum atomic E-state index is 13.1. The van der Waals surface area contributed by atoms with E-state index in [0.29, 0.717) is 29.5 Å². The van der Waals surface area contributed by atoms with Crippen LogP contribution in [0.4, 0.5) is 4.39 Å². The Morgan fingerprint density at radius 1 is 1.06 bits per heavy atom. The third-order valence-corrected chi connectivity index (χ3v) is 7.31. The maximum absolute atomic E-state index is 13.1. The number of fused-ring (bicyclic) bond motifs is 1. The molecule has 0 saturated carbocycles. The molecule has 0 radical (unpaired) electrons. The Morgan fingerprint density at radius 2 is 1.84 bits per heavy atom. The van der Waals surface area contributed by atoms with Crippen LogP contribution in [-0.2, 0) is 14.8 Å². The van der Waals surface area contributed by atoms with Gasteiger partial charge in [0.25, 0.3) is 0 Å². The van der Waals surface area contributed by atoms with Crippen LogP contribution in [0.25, 0.3) is 11.7 Å². The lowest BCUT2D eigenvalue weighted by molar-refractivity contribution is -0.125. The first-order valence-electron chi connectivity index (χ1n) is 9.71. The van der Waals surface area contributed by atoms with Gasteiger partial charge in [0, 0.05) is 38.5 Å². The van der Waals surface area contributed by atoms with Crippen molar-refractivity contribution in [2.24, 2.45) is 0 Å². The molecular weight excluding hydrogens is 443 g/mol. The predicted octanol–water partition coefficient (Wildman–Crippen LogP) is 3.06. The highest BCUT2D eigenvalue weighted by Gasteiger charge is 2.27. The van der Waals surface area contributed by atoms with Crippen molar-refractivity contribution in [3.8, 4) is 0 Å². The van der Waals surface area contributed by atoms with Crippen LogP contribution < -0.4 is 0 Å². The Morgan fingerprint density at radius 3 is 2.61 bits per heavy atom. The van der Waals surface area contributed by atoms with Crippen molar-refractivity contribution < 1.29 is 17.6 Å². The second-order valence-electron chi connectivity index (χ2n) is 7.09. The number of halogens is 2. The first kappa shape index (κ1) is 21.5. The second-order valence-corrected chi connectivity index (χ2v) is 9.38. The summed E-state index contributed by atoms with van der Waals surface area (Å²) in [6, 6.07) is 10.3. The number of amides is 1. The third-order valence-electron chi connectivity index (χ3n) is 5.12. The summed E-state index contributed by atoms with van der Waals surface area (Å²) in [5, 5.41) is 0.294. The molecule has 3 heterocycles. The summed E-state index contributed by atoms with van der Waals surface area (Å²) in [5.41, 5.74) is 1.27. The van der Waals surface area contributed by atoms with E-state index in [0.717, 1.165) is 12.1 Å². The fourth-order valence-corrected chi connectivity index (χ4v) is 5.21. The molecule has 3 aromatic rings. The molecule has 0 unspecified atom stereocenters. The van der Waals surface area contributed by atoms with E-state index in [4.69, 9.17) is 11.6 Å². The monoisotopic (exact) mass is 462 g/mol. The van der Waals surface area contributed by atoms with Gasteiger partial charge in [-0.25, -0.2) is 17.8 Å². The molecule has 0 aliphatic carbocycles. The van der Waals surface area contributed by atoms with Gasteiger partial charge in [-0.05, 0) is 48.9 Å². The van der Waals surface area contributed by atoms with Crippen molar-refractivity contribution in [2.75, 3.05) is 26.2 Å². The molecule has 2 aromatic heterocycles. The van der Waals surface area contributed by atoms with Crippen molar-refractivity contribution in [1.29, 1.82) is 0 Å². The van der Waals surface area contributed by atoms with Crippen LogP contribution in [0.5, 0.6) is 0 Å². The average molecular weight is 463 g/mol. The van der Waals surface area contributed by atoms with E-state index in [1.54, 1.807) is 15.4 Å². The van der Waals surface area contributed by atoms with E-state index in [1.165, 1.54) is 22.5 Å². The Balaban J connectivity index is 1.46. The van der Waals surface area contributed by atoms with Crippen LogP contribution in [0.3, 0.4) is 0 Å². The van der Waals surface area contributed by atoms with E-state index in [2.05, 4.69) is 4.98 Å². The summed E-state index contributed by atoms with van der Waals surface area (Å²) in [5.74, 6) is -0.729. The smallest absolute Gasteiger partial charge is 0.246 e. The van der Waals surface area contributed by atoms with Gasteiger partial charge in [0.2, 0.25) is 15.9 Å². The van der Waals surface area contributed by atoms with Gasteiger partial charge in [0.1, 0.15) is 11.5 Å². The molecule has 1 fully saturated rings. The zero-order valence-corrected chi connectivity index (χ0v) is 18.1. The van der Waals surface area contributed by atoms with E-state index in [1.807, 2.05) is 24.4 Å². The van der Waals surface area contributed by atoms with Gasteiger partial charge < -0.3 is 4.90 Å². The lowest BCUT2D eigenvalue weighted by atomic mass is 10.3. The van der Waals surface area contributed by atoms with Crippen molar-refractivity contribution in [1.82, 2.24) is 18.6 Å². The van der Waals surface area contributed by atoms with Gasteiger partial charge >= 0.3 is 0 Å². The number of nitrogens with zero attached hydrogens (tertiary/aromatic N) is 4. The normalized spacial score (nSPS) is 16.1. The number of rotatable bonds is 4. The molecule has 0 N–H and O–H groups in total. The molecule has 1 aliphatic heterocycles. The summed E-state index contributed by atoms with van der Waals surface area (Å²) in [6.07, 6.45) is 5.34. The van der Waals surface area contributed by atoms with Gasteiger partial charge in [0.15, 0.2) is 5.15 Å². The van der Waals surface area contributed by atoms with Crippen LogP contribution in [0.15, 0.2) is 59.6 Å². The van der Waals surface area contributed by atoms with E-state index in [9.17, 15) is 17.6 Å². The highest BCUT2D eigenvalue weighted by atomic mass is 35.5. The first-order valence-corrected chi connectivity index (χ1v) is 11.5. The molecule has 0 atom stereocenters. The Labute approximate surface area is 184 Å². The predicted molar refractivity (Wildman–Crippen MR) is 116 cm³/mol. The lowest BCUT2D eigenvalue weighted by Crippen LogP contribution is -2.36. The lowest BCUT2D eigenvalue weighted by Gasteiger charge is -2.21. The summed E-state index contributed by atoms with van der Waals surface area (Å²) in [6.45, 7) is 1.13. The number of hydrogen-bond donors (Lipinski definition) is 0. The van der Waals surface area contributed by atoms with Gasteiger partial charge in [0.05, 0.1) is 10.6 Å². The van der Waals surface area contributed by atoms with Gasteiger partial charge in [-0.3, -0.25) is 9.20 Å². The molecule has 1 saturated heterocycles. The molecular formula is C21H20ClFN4O3S. The van der Waals surface area contributed by atoms with E-state index >= 15 is 0 Å². The molecule has 162 valence electrons.